The van der Waals surface area contributed by atoms with E-state index in [1.807, 2.05) is 30.3 Å². The molecule has 2 amide bonds. The number of carbonyl (C=O) groups is 2. The van der Waals surface area contributed by atoms with E-state index < -0.39 is 28.5 Å². The van der Waals surface area contributed by atoms with Gasteiger partial charge in [-0.1, -0.05) is 103 Å². The van der Waals surface area contributed by atoms with E-state index in [9.17, 15) is 18.0 Å². The molecule has 0 unspecified atom stereocenters. The van der Waals surface area contributed by atoms with Crippen LogP contribution >= 0.6 is 34.8 Å². The lowest BCUT2D eigenvalue weighted by Crippen LogP contribution is -2.55. The van der Waals surface area contributed by atoms with Crippen molar-refractivity contribution >= 4 is 62.3 Å². The fourth-order valence-electron chi connectivity index (χ4n) is 5.21. The molecule has 0 aromatic heterocycles. The molecule has 1 aliphatic carbocycles. The molecule has 0 aliphatic heterocycles. The second-order valence-electron chi connectivity index (χ2n) is 10.6. The topological polar surface area (TPSA) is 86.8 Å². The number of sulfonamides is 1. The molecular weight excluding hydrogens is 617 g/mol. The summed E-state index contributed by atoms with van der Waals surface area (Å²) < 4.78 is 26.9. The summed E-state index contributed by atoms with van der Waals surface area (Å²) in [5.74, 6) is -0.862. The lowest BCUT2D eigenvalue weighted by Gasteiger charge is -2.35. The SMILES string of the molecule is CS(=O)(=O)N(CC(=O)N(Cc1ccccc1Cl)[C@H](Cc1ccccc1)C(=O)NC1CCCCC1)c1cc(Cl)cc(Cl)c1. The van der Waals surface area contributed by atoms with Crippen molar-refractivity contribution in [1.29, 1.82) is 0 Å². The second kappa shape index (κ2) is 14.6. The summed E-state index contributed by atoms with van der Waals surface area (Å²) in [6.07, 6.45) is 6.18. The molecule has 42 heavy (non-hydrogen) atoms. The van der Waals surface area contributed by atoms with Crippen molar-refractivity contribution in [2.24, 2.45) is 0 Å². The summed E-state index contributed by atoms with van der Waals surface area (Å²) in [6, 6.07) is 19.9. The van der Waals surface area contributed by atoms with Gasteiger partial charge in [0.1, 0.15) is 12.6 Å². The average Bonchev–Trinajstić information content (AvgIpc) is 2.94. The van der Waals surface area contributed by atoms with Crippen LogP contribution in [-0.4, -0.2) is 50.0 Å². The molecule has 0 bridgehead atoms. The van der Waals surface area contributed by atoms with E-state index in [2.05, 4.69) is 5.32 Å². The van der Waals surface area contributed by atoms with Gasteiger partial charge in [-0.25, -0.2) is 8.42 Å². The van der Waals surface area contributed by atoms with Gasteiger partial charge in [0, 0.05) is 34.1 Å². The van der Waals surface area contributed by atoms with Crippen molar-refractivity contribution < 1.29 is 18.0 Å². The molecular formula is C31H34Cl3N3O4S. The molecule has 1 N–H and O–H groups in total. The molecule has 0 spiro atoms. The minimum Gasteiger partial charge on any atom is -0.352 e. The van der Waals surface area contributed by atoms with Gasteiger partial charge in [-0.3, -0.25) is 13.9 Å². The molecule has 0 radical (unpaired) electrons. The lowest BCUT2D eigenvalue weighted by atomic mass is 9.94. The predicted octanol–water partition coefficient (Wildman–Crippen LogP) is 6.50. The molecule has 0 saturated heterocycles. The van der Waals surface area contributed by atoms with Crippen LogP contribution < -0.4 is 9.62 Å². The summed E-state index contributed by atoms with van der Waals surface area (Å²) >= 11 is 18.9. The molecule has 1 atom stereocenters. The number of hydrogen-bond acceptors (Lipinski definition) is 4. The van der Waals surface area contributed by atoms with E-state index in [-0.39, 0.29) is 40.6 Å². The Bertz CT molecular complexity index is 1480. The van der Waals surface area contributed by atoms with Gasteiger partial charge in [-0.2, -0.15) is 0 Å². The van der Waals surface area contributed by atoms with Crippen LogP contribution in [-0.2, 0) is 32.6 Å². The zero-order chi connectivity index (χ0) is 30.3. The first-order valence-corrected chi connectivity index (χ1v) is 16.8. The number of rotatable bonds is 11. The Morgan fingerprint density at radius 3 is 2.14 bits per heavy atom. The highest BCUT2D eigenvalue weighted by atomic mass is 35.5. The quantitative estimate of drug-likeness (QED) is 0.257. The maximum Gasteiger partial charge on any atom is 0.244 e. The average molecular weight is 651 g/mol. The first-order chi connectivity index (χ1) is 20.0. The maximum atomic E-state index is 14.2. The van der Waals surface area contributed by atoms with Crippen LogP contribution in [0.2, 0.25) is 15.1 Å². The molecule has 224 valence electrons. The van der Waals surface area contributed by atoms with E-state index in [1.54, 1.807) is 24.3 Å². The summed E-state index contributed by atoms with van der Waals surface area (Å²) in [6.45, 7) is -0.566. The molecule has 1 saturated carbocycles. The van der Waals surface area contributed by atoms with Gasteiger partial charge in [0.25, 0.3) is 0 Å². The van der Waals surface area contributed by atoms with Gasteiger partial charge in [0.15, 0.2) is 0 Å². The lowest BCUT2D eigenvalue weighted by molar-refractivity contribution is -0.140. The Hall–Kier alpha value is -2.78. The summed E-state index contributed by atoms with van der Waals surface area (Å²) in [5.41, 5.74) is 1.64. The standard InChI is InChI=1S/C31H34Cl3N3O4S/c1-42(40,41)37(27-18-24(32)17-25(33)19-27)21-30(38)36(20-23-12-8-9-15-28(23)34)29(16-22-10-4-2-5-11-22)31(39)35-26-13-6-3-7-14-26/h2,4-5,8-12,15,17-19,26,29H,3,6-7,13-14,16,20-21H2,1H3,(H,35,39)/t29-/m1/s1. The highest BCUT2D eigenvalue weighted by molar-refractivity contribution is 7.92. The molecule has 1 aliphatic rings. The summed E-state index contributed by atoms with van der Waals surface area (Å²) in [4.78, 5) is 29.6. The highest BCUT2D eigenvalue weighted by Gasteiger charge is 2.34. The normalized spacial score (nSPS) is 14.7. The largest absolute Gasteiger partial charge is 0.352 e. The summed E-state index contributed by atoms with van der Waals surface area (Å²) in [5, 5.41) is 4.05. The van der Waals surface area contributed by atoms with Crippen molar-refractivity contribution in [3.63, 3.8) is 0 Å². The minimum atomic E-state index is -3.95. The monoisotopic (exact) mass is 649 g/mol. The molecule has 4 rings (SSSR count). The zero-order valence-corrected chi connectivity index (χ0v) is 26.4. The van der Waals surface area contributed by atoms with Crippen LogP contribution in [0.1, 0.15) is 43.2 Å². The van der Waals surface area contributed by atoms with E-state index in [4.69, 9.17) is 34.8 Å². The van der Waals surface area contributed by atoms with E-state index in [0.29, 0.717) is 10.6 Å². The fourth-order valence-corrected chi connectivity index (χ4v) is 6.75. The first kappa shape index (κ1) is 32.1. The van der Waals surface area contributed by atoms with Crippen molar-refractivity contribution in [2.75, 3.05) is 17.1 Å². The van der Waals surface area contributed by atoms with Crippen LogP contribution in [0, 0.1) is 0 Å². The third-order valence-electron chi connectivity index (χ3n) is 7.34. The van der Waals surface area contributed by atoms with E-state index in [0.717, 1.165) is 48.2 Å². The highest BCUT2D eigenvalue weighted by Crippen LogP contribution is 2.28. The van der Waals surface area contributed by atoms with Crippen molar-refractivity contribution in [1.82, 2.24) is 10.2 Å². The Balaban J connectivity index is 1.74. The number of anilines is 1. The third-order valence-corrected chi connectivity index (χ3v) is 9.28. The number of halogens is 3. The molecule has 7 nitrogen and oxygen atoms in total. The van der Waals surface area contributed by atoms with Crippen molar-refractivity contribution in [3.05, 3.63) is 99.0 Å². The van der Waals surface area contributed by atoms with E-state index in [1.165, 1.54) is 23.1 Å². The zero-order valence-electron chi connectivity index (χ0n) is 23.3. The van der Waals surface area contributed by atoms with E-state index >= 15 is 0 Å². The molecule has 3 aromatic rings. The van der Waals surface area contributed by atoms with Crippen LogP contribution in [0.25, 0.3) is 0 Å². The number of hydrogen-bond donors (Lipinski definition) is 1. The van der Waals surface area contributed by atoms with Crippen molar-refractivity contribution in [3.8, 4) is 0 Å². The smallest absolute Gasteiger partial charge is 0.244 e. The number of nitrogens with zero attached hydrogens (tertiary/aromatic N) is 2. The molecule has 1 fully saturated rings. The molecule has 11 heteroatoms. The number of benzene rings is 3. The number of nitrogens with one attached hydrogen (secondary N) is 1. The Labute approximate surface area is 262 Å². The Morgan fingerprint density at radius 1 is 0.905 bits per heavy atom. The van der Waals surface area contributed by atoms with Gasteiger partial charge in [-0.05, 0) is 48.2 Å². The van der Waals surface area contributed by atoms with Gasteiger partial charge < -0.3 is 10.2 Å². The second-order valence-corrected chi connectivity index (χ2v) is 13.7. The molecule has 3 aromatic carbocycles. The molecule has 0 heterocycles. The van der Waals surface area contributed by atoms with Crippen LogP contribution in [0.4, 0.5) is 5.69 Å². The minimum absolute atomic E-state index is 0.00198. The van der Waals surface area contributed by atoms with Crippen LogP contribution in [0.15, 0.2) is 72.8 Å². The Morgan fingerprint density at radius 2 is 1.52 bits per heavy atom. The van der Waals surface area contributed by atoms with Crippen LogP contribution in [0.3, 0.4) is 0 Å². The van der Waals surface area contributed by atoms with Crippen LogP contribution in [0.5, 0.6) is 0 Å². The van der Waals surface area contributed by atoms with Gasteiger partial charge >= 0.3 is 0 Å². The Kier molecular flexibility index (Phi) is 11.2. The number of amides is 2. The summed E-state index contributed by atoms with van der Waals surface area (Å²) in [7, 11) is -3.95. The van der Waals surface area contributed by atoms with Gasteiger partial charge in [0.2, 0.25) is 21.8 Å². The fraction of sp³-hybridized carbons (Fsp3) is 0.355. The third kappa shape index (κ3) is 8.86. The predicted molar refractivity (Wildman–Crippen MR) is 170 cm³/mol. The maximum absolute atomic E-state index is 14.2. The van der Waals surface area contributed by atoms with Gasteiger partial charge in [0.05, 0.1) is 11.9 Å². The number of carbonyl (C=O) groups excluding carboxylic acids is 2. The van der Waals surface area contributed by atoms with Gasteiger partial charge in [-0.15, -0.1) is 0 Å². The van der Waals surface area contributed by atoms with Crippen molar-refractivity contribution in [2.45, 2.75) is 57.2 Å². The first-order valence-electron chi connectivity index (χ1n) is 13.8.